The Labute approximate surface area is 102 Å². The first kappa shape index (κ1) is 13.9. The molecule has 1 rings (SSSR count). The molecule has 0 fully saturated rings. The van der Waals surface area contributed by atoms with Crippen molar-refractivity contribution in [3.05, 3.63) is 22.9 Å². The van der Waals surface area contributed by atoms with Crippen LogP contribution in [0.15, 0.2) is 6.07 Å². The van der Waals surface area contributed by atoms with Crippen molar-refractivity contribution in [1.82, 2.24) is 4.98 Å². The van der Waals surface area contributed by atoms with E-state index in [4.69, 9.17) is 4.74 Å². The standard InChI is InChI=1S/C13H20NO3/c1-9-7-12(14-10(2)11(9)8-15)17-6-5-13(3,4)16/h7,16H,5-6,8H2,1-4H3. The van der Waals surface area contributed by atoms with Gasteiger partial charge in [-0.25, -0.2) is 10.1 Å². The minimum Gasteiger partial charge on any atom is -0.478 e. The summed E-state index contributed by atoms with van der Waals surface area (Å²) in [4.78, 5) is 4.22. The SMILES string of the molecule is Cc1cc(OCCC(C)(C)O)nc(C)c1C[O]. The smallest absolute Gasteiger partial charge is 0.213 e. The van der Waals surface area contributed by atoms with Crippen molar-refractivity contribution in [3.8, 4) is 5.88 Å². The Morgan fingerprint density at radius 2 is 2.06 bits per heavy atom. The van der Waals surface area contributed by atoms with Crippen LogP contribution >= 0.6 is 0 Å². The van der Waals surface area contributed by atoms with E-state index >= 15 is 0 Å². The number of hydrogen-bond acceptors (Lipinski definition) is 3. The molecule has 0 atom stereocenters. The van der Waals surface area contributed by atoms with Crippen molar-refractivity contribution in [2.24, 2.45) is 0 Å². The molecule has 0 unspecified atom stereocenters. The molecule has 1 heterocycles. The van der Waals surface area contributed by atoms with Crippen LogP contribution in [0.25, 0.3) is 0 Å². The third-order valence-electron chi connectivity index (χ3n) is 2.64. The van der Waals surface area contributed by atoms with Gasteiger partial charge < -0.3 is 9.84 Å². The Bertz CT molecular complexity index is 360. The van der Waals surface area contributed by atoms with Crippen LogP contribution in [0.2, 0.25) is 0 Å². The lowest BCUT2D eigenvalue weighted by Crippen LogP contribution is -2.22. The summed E-state index contributed by atoms with van der Waals surface area (Å²) in [6.45, 7) is 7.32. The molecular weight excluding hydrogens is 218 g/mol. The largest absolute Gasteiger partial charge is 0.478 e. The van der Waals surface area contributed by atoms with Gasteiger partial charge in [0.2, 0.25) is 5.88 Å². The fraction of sp³-hybridized carbons (Fsp3) is 0.615. The molecule has 1 aromatic heterocycles. The highest BCUT2D eigenvalue weighted by Crippen LogP contribution is 2.18. The van der Waals surface area contributed by atoms with E-state index < -0.39 is 5.60 Å². The molecule has 0 saturated carbocycles. The maximum absolute atomic E-state index is 10.9. The molecule has 0 amide bonds. The maximum atomic E-state index is 10.9. The molecule has 4 nitrogen and oxygen atoms in total. The van der Waals surface area contributed by atoms with Crippen molar-refractivity contribution in [3.63, 3.8) is 0 Å². The lowest BCUT2D eigenvalue weighted by Gasteiger charge is -2.17. The Morgan fingerprint density at radius 3 is 2.53 bits per heavy atom. The minimum absolute atomic E-state index is 0.255. The van der Waals surface area contributed by atoms with Gasteiger partial charge in [0.15, 0.2) is 0 Å². The van der Waals surface area contributed by atoms with Gasteiger partial charge in [-0.1, -0.05) is 0 Å². The van der Waals surface area contributed by atoms with Crippen LogP contribution in [-0.4, -0.2) is 22.3 Å². The summed E-state index contributed by atoms with van der Waals surface area (Å²) in [7, 11) is 0. The van der Waals surface area contributed by atoms with Crippen molar-refractivity contribution < 1.29 is 14.9 Å². The van der Waals surface area contributed by atoms with Gasteiger partial charge in [-0.05, 0) is 33.3 Å². The van der Waals surface area contributed by atoms with Crippen LogP contribution in [0.5, 0.6) is 5.88 Å². The molecule has 1 radical (unpaired) electrons. The predicted octanol–water partition coefficient (Wildman–Crippen LogP) is 2.17. The molecule has 0 saturated heterocycles. The van der Waals surface area contributed by atoms with E-state index in [1.165, 1.54) is 0 Å². The third kappa shape index (κ3) is 4.32. The second kappa shape index (κ2) is 5.47. The monoisotopic (exact) mass is 238 g/mol. The van der Waals surface area contributed by atoms with Gasteiger partial charge in [0.1, 0.15) is 6.61 Å². The van der Waals surface area contributed by atoms with Crippen molar-refractivity contribution in [1.29, 1.82) is 0 Å². The second-order valence-electron chi connectivity index (χ2n) is 4.90. The number of aryl methyl sites for hydroxylation is 2. The Kier molecular flexibility index (Phi) is 4.48. The number of ether oxygens (including phenoxy) is 1. The van der Waals surface area contributed by atoms with Gasteiger partial charge in [0.05, 0.1) is 12.2 Å². The molecule has 0 aliphatic heterocycles. The number of hydrogen-bond donors (Lipinski definition) is 1. The maximum Gasteiger partial charge on any atom is 0.213 e. The molecule has 0 aliphatic carbocycles. The molecule has 17 heavy (non-hydrogen) atoms. The number of rotatable bonds is 5. The molecule has 0 aromatic carbocycles. The predicted molar refractivity (Wildman–Crippen MR) is 64.5 cm³/mol. The number of pyridine rings is 1. The molecule has 4 heteroatoms. The van der Waals surface area contributed by atoms with E-state index in [0.717, 1.165) is 16.8 Å². The third-order valence-corrected chi connectivity index (χ3v) is 2.64. The molecular formula is C13H20NO3. The van der Waals surface area contributed by atoms with E-state index in [9.17, 15) is 10.2 Å². The average molecular weight is 238 g/mol. The zero-order valence-electron chi connectivity index (χ0n) is 10.9. The highest BCUT2D eigenvalue weighted by atomic mass is 16.5. The summed E-state index contributed by atoms with van der Waals surface area (Å²) in [6.07, 6.45) is 0.538. The lowest BCUT2D eigenvalue weighted by molar-refractivity contribution is 0.0546. The van der Waals surface area contributed by atoms with Crippen LogP contribution in [-0.2, 0) is 11.7 Å². The quantitative estimate of drug-likeness (QED) is 0.855. The van der Waals surface area contributed by atoms with Crippen molar-refractivity contribution in [2.45, 2.75) is 46.3 Å². The summed E-state index contributed by atoms with van der Waals surface area (Å²) in [6, 6.07) is 1.77. The number of aromatic nitrogens is 1. The van der Waals surface area contributed by atoms with Gasteiger partial charge in [0.25, 0.3) is 0 Å². The van der Waals surface area contributed by atoms with E-state index in [2.05, 4.69) is 4.98 Å². The first-order chi connectivity index (χ1) is 7.83. The summed E-state index contributed by atoms with van der Waals surface area (Å²) < 4.78 is 5.47. The van der Waals surface area contributed by atoms with Gasteiger partial charge in [-0.3, -0.25) is 0 Å². The Morgan fingerprint density at radius 1 is 1.41 bits per heavy atom. The minimum atomic E-state index is -0.737. The summed E-state index contributed by atoms with van der Waals surface area (Å²) in [5.41, 5.74) is 1.63. The molecule has 0 aliphatic rings. The van der Waals surface area contributed by atoms with Crippen LogP contribution in [0.4, 0.5) is 0 Å². The van der Waals surface area contributed by atoms with Crippen LogP contribution < -0.4 is 4.74 Å². The molecule has 1 aromatic rings. The zero-order valence-corrected chi connectivity index (χ0v) is 10.9. The van der Waals surface area contributed by atoms with Crippen LogP contribution in [0, 0.1) is 13.8 Å². The van der Waals surface area contributed by atoms with Gasteiger partial charge >= 0.3 is 0 Å². The van der Waals surface area contributed by atoms with Gasteiger partial charge in [-0.15, -0.1) is 0 Å². The topological polar surface area (TPSA) is 62.2 Å². The van der Waals surface area contributed by atoms with E-state index in [1.54, 1.807) is 19.9 Å². The highest BCUT2D eigenvalue weighted by molar-refractivity contribution is 5.32. The zero-order chi connectivity index (χ0) is 13.1. The van der Waals surface area contributed by atoms with Crippen LogP contribution in [0.1, 0.15) is 37.1 Å². The summed E-state index contributed by atoms with van der Waals surface area (Å²) >= 11 is 0. The van der Waals surface area contributed by atoms with Gasteiger partial charge in [0, 0.05) is 23.7 Å². The molecule has 0 spiro atoms. The van der Waals surface area contributed by atoms with Crippen molar-refractivity contribution in [2.75, 3.05) is 6.61 Å². The molecule has 0 bridgehead atoms. The first-order valence-electron chi connectivity index (χ1n) is 5.74. The molecule has 1 N–H and O–H groups in total. The van der Waals surface area contributed by atoms with Crippen molar-refractivity contribution >= 4 is 0 Å². The summed E-state index contributed by atoms with van der Waals surface area (Å²) in [5, 5.41) is 20.5. The molecule has 95 valence electrons. The Balaban J connectivity index is 2.67. The highest BCUT2D eigenvalue weighted by Gasteiger charge is 2.13. The Hall–Kier alpha value is -1.13. The fourth-order valence-electron chi connectivity index (χ4n) is 1.52. The second-order valence-corrected chi connectivity index (χ2v) is 4.90. The van der Waals surface area contributed by atoms with E-state index in [0.29, 0.717) is 18.9 Å². The average Bonchev–Trinajstić information content (AvgIpc) is 2.15. The first-order valence-corrected chi connectivity index (χ1v) is 5.74. The number of aliphatic hydroxyl groups is 1. The fourth-order valence-corrected chi connectivity index (χ4v) is 1.52. The normalized spacial score (nSPS) is 11.6. The number of nitrogens with zero attached hydrogens (tertiary/aromatic N) is 1. The van der Waals surface area contributed by atoms with Crippen LogP contribution in [0.3, 0.4) is 0 Å². The van der Waals surface area contributed by atoms with E-state index in [-0.39, 0.29) is 6.61 Å². The van der Waals surface area contributed by atoms with E-state index in [1.807, 2.05) is 13.8 Å². The van der Waals surface area contributed by atoms with Gasteiger partial charge in [-0.2, -0.15) is 0 Å². The lowest BCUT2D eigenvalue weighted by atomic mass is 10.1. The summed E-state index contributed by atoms with van der Waals surface area (Å²) in [5.74, 6) is 0.515.